The van der Waals surface area contributed by atoms with E-state index in [1.54, 1.807) is 0 Å². The molecule has 30 heavy (non-hydrogen) atoms. The van der Waals surface area contributed by atoms with E-state index in [0.717, 1.165) is 25.7 Å². The largest absolute Gasteiger partial charge is 0.493 e. The lowest BCUT2D eigenvalue weighted by molar-refractivity contribution is -0.385. The first-order chi connectivity index (χ1) is 14.4. The molecule has 4 atom stereocenters. The van der Waals surface area contributed by atoms with Gasteiger partial charge in [-0.2, -0.15) is 0 Å². The summed E-state index contributed by atoms with van der Waals surface area (Å²) < 4.78 is 10.3. The fourth-order valence-electron chi connectivity index (χ4n) is 4.86. The number of nitrogens with zero attached hydrogens (tertiary/aromatic N) is 1. The van der Waals surface area contributed by atoms with Gasteiger partial charge in [-0.25, -0.2) is 0 Å². The predicted molar refractivity (Wildman–Crippen MR) is 110 cm³/mol. The first-order valence-corrected chi connectivity index (χ1v) is 10.4. The fraction of sp³-hybridized carbons (Fsp3) is 0.619. The van der Waals surface area contributed by atoms with Crippen molar-refractivity contribution < 1.29 is 24.0 Å². The molecule has 2 amide bonds. The lowest BCUT2D eigenvalue weighted by atomic mass is 9.70. The van der Waals surface area contributed by atoms with E-state index in [0.29, 0.717) is 24.7 Å². The Morgan fingerprint density at radius 2 is 1.97 bits per heavy atom. The van der Waals surface area contributed by atoms with Crippen LogP contribution in [0.5, 0.6) is 11.5 Å². The number of nitrogens with one attached hydrogen (secondary N) is 2. The molecule has 3 rings (SSSR count). The Bertz CT molecular complexity index is 827. The number of amides is 2. The summed E-state index contributed by atoms with van der Waals surface area (Å²) in [6.07, 6.45) is 4.97. The minimum absolute atomic E-state index is 0.0299. The van der Waals surface area contributed by atoms with Crippen molar-refractivity contribution in [1.29, 1.82) is 0 Å². The number of benzene rings is 1. The highest BCUT2D eigenvalue weighted by Gasteiger charge is 2.40. The second-order valence-corrected chi connectivity index (χ2v) is 8.06. The SMILES string of the molecule is CCCC1CC(=O)NC2CC(NC(=O)c3cc(OC)c(OC)cc3[N+](=O)[O-])CCC12. The number of carbonyl (C=O) groups excluding carboxylic acids is 2. The van der Waals surface area contributed by atoms with E-state index < -0.39 is 10.8 Å². The van der Waals surface area contributed by atoms with Gasteiger partial charge in [-0.1, -0.05) is 13.3 Å². The van der Waals surface area contributed by atoms with Gasteiger partial charge in [0.2, 0.25) is 5.91 Å². The Hall–Kier alpha value is -2.84. The molecule has 1 saturated heterocycles. The highest BCUT2D eigenvalue weighted by Crippen LogP contribution is 2.38. The summed E-state index contributed by atoms with van der Waals surface area (Å²) in [5.74, 6) is 0.783. The van der Waals surface area contributed by atoms with E-state index in [4.69, 9.17) is 9.47 Å². The van der Waals surface area contributed by atoms with Crippen molar-refractivity contribution in [2.45, 2.75) is 57.5 Å². The Morgan fingerprint density at radius 3 is 2.60 bits per heavy atom. The van der Waals surface area contributed by atoms with Crippen molar-refractivity contribution in [1.82, 2.24) is 10.6 Å². The third-order valence-corrected chi connectivity index (χ3v) is 6.24. The second-order valence-electron chi connectivity index (χ2n) is 8.06. The highest BCUT2D eigenvalue weighted by molar-refractivity contribution is 5.99. The van der Waals surface area contributed by atoms with Crippen molar-refractivity contribution in [3.8, 4) is 11.5 Å². The van der Waals surface area contributed by atoms with Gasteiger partial charge in [0, 0.05) is 24.6 Å². The van der Waals surface area contributed by atoms with Crippen molar-refractivity contribution in [3.05, 3.63) is 27.8 Å². The lowest BCUT2D eigenvalue weighted by Gasteiger charge is -2.44. The zero-order valence-electron chi connectivity index (χ0n) is 17.6. The molecule has 4 unspecified atom stereocenters. The number of rotatable bonds is 7. The molecule has 9 heteroatoms. The number of nitro benzene ring substituents is 1. The molecule has 0 radical (unpaired) electrons. The van der Waals surface area contributed by atoms with Gasteiger partial charge in [0.05, 0.1) is 25.2 Å². The number of ether oxygens (including phenoxy) is 2. The molecule has 2 N–H and O–H groups in total. The van der Waals surface area contributed by atoms with E-state index >= 15 is 0 Å². The van der Waals surface area contributed by atoms with Gasteiger partial charge in [-0.15, -0.1) is 0 Å². The topological polar surface area (TPSA) is 120 Å². The van der Waals surface area contributed by atoms with Gasteiger partial charge < -0.3 is 20.1 Å². The molecule has 0 spiro atoms. The minimum Gasteiger partial charge on any atom is -0.493 e. The maximum Gasteiger partial charge on any atom is 0.286 e. The number of hydrogen-bond donors (Lipinski definition) is 2. The van der Waals surface area contributed by atoms with Gasteiger partial charge in [0.25, 0.3) is 11.6 Å². The van der Waals surface area contributed by atoms with Crippen LogP contribution >= 0.6 is 0 Å². The van der Waals surface area contributed by atoms with Crippen molar-refractivity contribution in [2.75, 3.05) is 14.2 Å². The van der Waals surface area contributed by atoms with Crippen LogP contribution in [-0.4, -0.2) is 43.0 Å². The molecule has 9 nitrogen and oxygen atoms in total. The normalized spacial score (nSPS) is 25.6. The molecule has 164 valence electrons. The molecule has 1 aromatic rings. The summed E-state index contributed by atoms with van der Waals surface area (Å²) in [5.41, 5.74) is -0.413. The molecule has 1 aliphatic carbocycles. The first kappa shape index (κ1) is 21.9. The third-order valence-electron chi connectivity index (χ3n) is 6.24. The zero-order valence-corrected chi connectivity index (χ0v) is 17.6. The quantitative estimate of drug-likeness (QED) is 0.518. The van der Waals surface area contributed by atoms with Crippen molar-refractivity contribution >= 4 is 17.5 Å². The Labute approximate surface area is 175 Å². The number of carbonyl (C=O) groups is 2. The molecule has 0 bridgehead atoms. The summed E-state index contributed by atoms with van der Waals surface area (Å²) in [7, 11) is 2.79. The zero-order chi connectivity index (χ0) is 21.8. The van der Waals surface area contributed by atoms with Crippen LogP contribution in [0.3, 0.4) is 0 Å². The van der Waals surface area contributed by atoms with Crippen LogP contribution in [0.2, 0.25) is 0 Å². The minimum atomic E-state index is -0.607. The molecular formula is C21H29N3O6. The van der Waals surface area contributed by atoms with Crippen molar-refractivity contribution in [2.24, 2.45) is 11.8 Å². The highest BCUT2D eigenvalue weighted by atomic mass is 16.6. The first-order valence-electron chi connectivity index (χ1n) is 10.4. The van der Waals surface area contributed by atoms with Crippen LogP contribution in [0.25, 0.3) is 0 Å². The average Bonchev–Trinajstić information content (AvgIpc) is 2.72. The van der Waals surface area contributed by atoms with Crippen LogP contribution in [0.1, 0.15) is 55.8 Å². The lowest BCUT2D eigenvalue weighted by Crippen LogP contribution is -2.55. The van der Waals surface area contributed by atoms with Gasteiger partial charge in [-0.05, 0) is 37.5 Å². The van der Waals surface area contributed by atoms with Crippen molar-refractivity contribution in [3.63, 3.8) is 0 Å². The molecule has 2 fully saturated rings. The molecular weight excluding hydrogens is 390 g/mol. The monoisotopic (exact) mass is 419 g/mol. The Balaban J connectivity index is 1.75. The van der Waals surface area contributed by atoms with Crippen LogP contribution in [0.15, 0.2) is 12.1 Å². The van der Waals surface area contributed by atoms with Gasteiger partial charge in [0.15, 0.2) is 11.5 Å². The van der Waals surface area contributed by atoms with Gasteiger partial charge in [-0.3, -0.25) is 19.7 Å². The van der Waals surface area contributed by atoms with Crippen LogP contribution in [-0.2, 0) is 4.79 Å². The van der Waals surface area contributed by atoms with Crippen LogP contribution < -0.4 is 20.1 Å². The number of hydrogen-bond acceptors (Lipinski definition) is 6. The maximum absolute atomic E-state index is 12.9. The van der Waals surface area contributed by atoms with Gasteiger partial charge in [0.1, 0.15) is 5.56 Å². The molecule has 1 heterocycles. The number of piperidine rings is 1. The Kier molecular flexibility index (Phi) is 6.79. The number of fused-ring (bicyclic) bond motifs is 1. The summed E-state index contributed by atoms with van der Waals surface area (Å²) >= 11 is 0. The smallest absolute Gasteiger partial charge is 0.286 e. The fourth-order valence-corrected chi connectivity index (χ4v) is 4.86. The standard InChI is InChI=1S/C21H29N3O6/c1-4-5-12-8-20(25)23-16-9-13(6-7-14(12)16)22-21(26)15-10-18(29-2)19(30-3)11-17(15)24(27)28/h10-14,16H,4-9H2,1-3H3,(H,22,26)(H,23,25). The molecule has 1 aromatic carbocycles. The summed E-state index contributed by atoms with van der Waals surface area (Å²) in [6, 6.07) is 2.40. The molecule has 2 aliphatic rings. The number of nitro groups is 1. The second kappa shape index (κ2) is 9.32. The maximum atomic E-state index is 12.9. The van der Waals surface area contributed by atoms with E-state index in [1.165, 1.54) is 26.4 Å². The predicted octanol–water partition coefficient (Wildman–Crippen LogP) is 2.82. The molecule has 1 saturated carbocycles. The molecule has 0 aromatic heterocycles. The number of methoxy groups -OCH3 is 2. The molecule has 1 aliphatic heterocycles. The van der Waals surface area contributed by atoms with E-state index in [9.17, 15) is 19.7 Å². The van der Waals surface area contributed by atoms with E-state index in [2.05, 4.69) is 17.6 Å². The third kappa shape index (κ3) is 4.49. The average molecular weight is 419 g/mol. The van der Waals surface area contributed by atoms with E-state index in [-0.39, 0.29) is 40.7 Å². The summed E-state index contributed by atoms with van der Waals surface area (Å²) in [4.78, 5) is 35.9. The Morgan fingerprint density at radius 1 is 1.27 bits per heavy atom. The van der Waals surface area contributed by atoms with Gasteiger partial charge >= 0.3 is 0 Å². The van der Waals surface area contributed by atoms with E-state index in [1.807, 2.05) is 0 Å². The summed E-state index contributed by atoms with van der Waals surface area (Å²) in [6.45, 7) is 2.13. The summed E-state index contributed by atoms with van der Waals surface area (Å²) in [5, 5.41) is 17.5. The van der Waals surface area contributed by atoms with Crippen LogP contribution in [0, 0.1) is 22.0 Å². The van der Waals surface area contributed by atoms with Crippen LogP contribution in [0.4, 0.5) is 5.69 Å².